The van der Waals surface area contributed by atoms with Gasteiger partial charge in [0.1, 0.15) is 6.33 Å². The molecule has 0 unspecified atom stereocenters. The number of carbonyl (C=O) groups is 1. The first kappa shape index (κ1) is 19.2. The predicted molar refractivity (Wildman–Crippen MR) is 111 cm³/mol. The second-order valence-electron chi connectivity index (χ2n) is 6.77. The predicted octanol–water partition coefficient (Wildman–Crippen LogP) is 4.16. The van der Waals surface area contributed by atoms with Crippen molar-refractivity contribution in [2.24, 2.45) is 7.05 Å². The van der Waals surface area contributed by atoms with Crippen LogP contribution in [0.3, 0.4) is 0 Å². The Labute approximate surface area is 164 Å². The van der Waals surface area contributed by atoms with E-state index in [0.29, 0.717) is 6.42 Å². The Kier molecular flexibility index (Phi) is 5.96. The standard InChI is InChI=1S/C21H24N4OS/c1-15(27-21-23-22-14-25(21)4)17-8-5-7-16(11-17)12-20(26)18-9-6-10-19(13-18)24(2)3/h5-11,13-15H,12H2,1-4H3/t15-/m0/s1. The Hall–Kier alpha value is -2.60. The van der Waals surface area contributed by atoms with Gasteiger partial charge in [-0.1, -0.05) is 48.2 Å². The molecule has 1 atom stereocenters. The van der Waals surface area contributed by atoms with Gasteiger partial charge in [-0.25, -0.2) is 0 Å². The number of nitrogens with zero attached hydrogens (tertiary/aromatic N) is 4. The Morgan fingerprint density at radius 2 is 1.96 bits per heavy atom. The molecule has 0 saturated heterocycles. The van der Waals surface area contributed by atoms with Crippen molar-refractivity contribution in [2.75, 3.05) is 19.0 Å². The van der Waals surface area contributed by atoms with Gasteiger partial charge >= 0.3 is 0 Å². The number of hydrogen-bond acceptors (Lipinski definition) is 5. The van der Waals surface area contributed by atoms with E-state index >= 15 is 0 Å². The maximum absolute atomic E-state index is 12.7. The van der Waals surface area contributed by atoms with Crippen LogP contribution in [0.4, 0.5) is 5.69 Å². The number of hydrogen-bond donors (Lipinski definition) is 0. The molecule has 0 spiro atoms. The summed E-state index contributed by atoms with van der Waals surface area (Å²) in [4.78, 5) is 14.7. The first-order chi connectivity index (χ1) is 12.9. The van der Waals surface area contributed by atoms with Crippen LogP contribution in [0.1, 0.15) is 33.7 Å². The van der Waals surface area contributed by atoms with Gasteiger partial charge in [0.05, 0.1) is 0 Å². The van der Waals surface area contributed by atoms with E-state index in [9.17, 15) is 4.79 Å². The van der Waals surface area contributed by atoms with Crippen LogP contribution in [0, 0.1) is 0 Å². The summed E-state index contributed by atoms with van der Waals surface area (Å²) >= 11 is 1.66. The highest BCUT2D eigenvalue weighted by molar-refractivity contribution is 7.99. The van der Waals surface area contributed by atoms with Gasteiger partial charge < -0.3 is 9.47 Å². The third-order valence-electron chi connectivity index (χ3n) is 4.42. The second kappa shape index (κ2) is 8.39. The Morgan fingerprint density at radius 3 is 2.67 bits per heavy atom. The molecule has 0 aliphatic carbocycles. The number of benzene rings is 2. The van der Waals surface area contributed by atoms with Crippen molar-refractivity contribution in [1.82, 2.24) is 14.8 Å². The normalized spacial score (nSPS) is 12.0. The molecule has 3 rings (SSSR count). The number of aryl methyl sites for hydroxylation is 1. The van der Waals surface area contributed by atoms with Crippen LogP contribution in [0.15, 0.2) is 60.0 Å². The van der Waals surface area contributed by atoms with Crippen LogP contribution >= 0.6 is 11.8 Å². The van der Waals surface area contributed by atoms with Crippen LogP contribution in [-0.2, 0) is 13.5 Å². The highest BCUT2D eigenvalue weighted by Gasteiger charge is 2.13. The van der Waals surface area contributed by atoms with E-state index in [1.165, 1.54) is 5.56 Å². The molecule has 140 valence electrons. The van der Waals surface area contributed by atoms with Gasteiger partial charge in [0.15, 0.2) is 10.9 Å². The summed E-state index contributed by atoms with van der Waals surface area (Å²) in [6.45, 7) is 2.14. The lowest BCUT2D eigenvalue weighted by molar-refractivity contribution is 0.0993. The maximum Gasteiger partial charge on any atom is 0.191 e. The largest absolute Gasteiger partial charge is 0.378 e. The summed E-state index contributed by atoms with van der Waals surface area (Å²) in [5, 5.41) is 9.16. The van der Waals surface area contributed by atoms with E-state index in [4.69, 9.17) is 0 Å². The molecule has 3 aromatic rings. The van der Waals surface area contributed by atoms with Crippen molar-refractivity contribution in [3.8, 4) is 0 Å². The molecule has 0 amide bonds. The van der Waals surface area contributed by atoms with Gasteiger partial charge in [-0.05, 0) is 30.2 Å². The first-order valence-electron chi connectivity index (χ1n) is 8.84. The Bertz CT molecular complexity index is 935. The van der Waals surface area contributed by atoms with Crippen LogP contribution < -0.4 is 4.90 Å². The van der Waals surface area contributed by atoms with E-state index in [1.807, 2.05) is 67.0 Å². The molecule has 1 aromatic heterocycles. The Balaban J connectivity index is 1.72. The van der Waals surface area contributed by atoms with Crippen molar-refractivity contribution in [1.29, 1.82) is 0 Å². The zero-order chi connectivity index (χ0) is 19.4. The van der Waals surface area contributed by atoms with Crippen molar-refractivity contribution < 1.29 is 4.79 Å². The molecule has 0 bridgehead atoms. The first-order valence-corrected chi connectivity index (χ1v) is 9.72. The van der Waals surface area contributed by atoms with Crippen LogP contribution in [0.5, 0.6) is 0 Å². The number of rotatable bonds is 7. The second-order valence-corrected chi connectivity index (χ2v) is 8.08. The smallest absolute Gasteiger partial charge is 0.191 e. The van der Waals surface area contributed by atoms with Crippen molar-refractivity contribution in [3.63, 3.8) is 0 Å². The zero-order valence-corrected chi connectivity index (χ0v) is 16.9. The van der Waals surface area contributed by atoms with Gasteiger partial charge in [-0.15, -0.1) is 10.2 Å². The summed E-state index contributed by atoms with van der Waals surface area (Å²) in [6, 6.07) is 16.0. The van der Waals surface area contributed by atoms with Crippen molar-refractivity contribution in [2.45, 2.75) is 23.8 Å². The van der Waals surface area contributed by atoms with E-state index < -0.39 is 0 Å². The monoisotopic (exact) mass is 380 g/mol. The molecule has 6 heteroatoms. The molecule has 27 heavy (non-hydrogen) atoms. The summed E-state index contributed by atoms with van der Waals surface area (Å²) in [7, 11) is 5.89. The van der Waals surface area contributed by atoms with E-state index in [1.54, 1.807) is 18.1 Å². The lowest BCUT2D eigenvalue weighted by atomic mass is 10.00. The molecule has 0 aliphatic rings. The number of anilines is 1. The molecule has 0 radical (unpaired) electrons. The lowest BCUT2D eigenvalue weighted by Gasteiger charge is -2.14. The van der Waals surface area contributed by atoms with Crippen molar-refractivity contribution >= 4 is 23.2 Å². The highest BCUT2D eigenvalue weighted by atomic mass is 32.2. The molecule has 0 N–H and O–H groups in total. The fraction of sp³-hybridized carbons (Fsp3) is 0.286. The molecular formula is C21H24N4OS. The van der Waals surface area contributed by atoms with E-state index in [0.717, 1.165) is 22.0 Å². The van der Waals surface area contributed by atoms with Crippen LogP contribution in [-0.4, -0.2) is 34.6 Å². The van der Waals surface area contributed by atoms with Gasteiger partial charge in [0, 0.05) is 44.1 Å². The van der Waals surface area contributed by atoms with Gasteiger partial charge in [-0.3, -0.25) is 4.79 Å². The van der Waals surface area contributed by atoms with Gasteiger partial charge in [0.25, 0.3) is 0 Å². The highest BCUT2D eigenvalue weighted by Crippen LogP contribution is 2.33. The zero-order valence-electron chi connectivity index (χ0n) is 16.1. The van der Waals surface area contributed by atoms with Crippen LogP contribution in [0.25, 0.3) is 0 Å². The number of thioether (sulfide) groups is 1. The summed E-state index contributed by atoms with van der Waals surface area (Å²) < 4.78 is 1.91. The maximum atomic E-state index is 12.7. The fourth-order valence-electron chi connectivity index (χ4n) is 2.81. The minimum absolute atomic E-state index is 0.129. The number of aromatic nitrogens is 3. The summed E-state index contributed by atoms with van der Waals surface area (Å²) in [5.74, 6) is 0.129. The summed E-state index contributed by atoms with van der Waals surface area (Å²) in [6.07, 6.45) is 2.10. The van der Waals surface area contributed by atoms with Gasteiger partial charge in [0.2, 0.25) is 0 Å². The molecule has 0 aliphatic heterocycles. The quantitative estimate of drug-likeness (QED) is 0.455. The van der Waals surface area contributed by atoms with Gasteiger partial charge in [-0.2, -0.15) is 0 Å². The minimum atomic E-state index is 0.129. The van der Waals surface area contributed by atoms with E-state index in [-0.39, 0.29) is 11.0 Å². The molecule has 5 nitrogen and oxygen atoms in total. The number of ketones is 1. The lowest BCUT2D eigenvalue weighted by Crippen LogP contribution is -2.10. The molecule has 0 fully saturated rings. The van der Waals surface area contributed by atoms with Crippen molar-refractivity contribution in [3.05, 3.63) is 71.5 Å². The molecule has 2 aromatic carbocycles. The number of carbonyl (C=O) groups excluding carboxylic acids is 1. The Morgan fingerprint density at radius 1 is 1.19 bits per heavy atom. The third-order valence-corrected chi connectivity index (χ3v) is 5.63. The third kappa shape index (κ3) is 4.77. The molecule has 0 saturated carbocycles. The number of Topliss-reactive ketones (excluding diaryl/α,β-unsaturated/α-hetero) is 1. The molecular weight excluding hydrogens is 356 g/mol. The average molecular weight is 381 g/mol. The fourth-order valence-corrected chi connectivity index (χ4v) is 3.71. The molecule has 1 heterocycles. The topological polar surface area (TPSA) is 51.0 Å². The minimum Gasteiger partial charge on any atom is -0.378 e. The summed E-state index contributed by atoms with van der Waals surface area (Å²) in [5.41, 5.74) is 3.98. The average Bonchev–Trinajstić information content (AvgIpc) is 3.06. The van der Waals surface area contributed by atoms with Crippen LogP contribution in [0.2, 0.25) is 0 Å². The van der Waals surface area contributed by atoms with E-state index in [2.05, 4.69) is 29.3 Å². The SMILES string of the molecule is C[C@H](Sc1nncn1C)c1cccc(CC(=O)c2cccc(N(C)C)c2)c1.